The molecule has 0 aliphatic carbocycles. The first-order chi connectivity index (χ1) is 9.12. The average Bonchev–Trinajstić information content (AvgIpc) is 2.29. The van der Waals surface area contributed by atoms with E-state index in [1.165, 1.54) is 19.1 Å². The summed E-state index contributed by atoms with van der Waals surface area (Å²) in [6, 6.07) is -0.713. The summed E-state index contributed by atoms with van der Waals surface area (Å²) in [5.41, 5.74) is -0.637. The molecule has 0 radical (unpaired) electrons. The summed E-state index contributed by atoms with van der Waals surface area (Å²) in [6.45, 7) is 9.22. The summed E-state index contributed by atoms with van der Waals surface area (Å²) in [6.07, 6.45) is -0.106. The molecule has 0 aromatic carbocycles. The summed E-state index contributed by atoms with van der Waals surface area (Å²) < 4.78 is 15.1. The van der Waals surface area contributed by atoms with Crippen LogP contribution in [0.15, 0.2) is 0 Å². The molecule has 0 N–H and O–H groups in total. The monoisotopic (exact) mass is 289 g/mol. The number of methoxy groups -OCH3 is 2. The summed E-state index contributed by atoms with van der Waals surface area (Å²) >= 11 is 0. The van der Waals surface area contributed by atoms with Crippen LogP contribution >= 0.6 is 0 Å². The van der Waals surface area contributed by atoms with Crippen LogP contribution in [-0.2, 0) is 19.0 Å². The second-order valence-corrected chi connectivity index (χ2v) is 6.04. The fourth-order valence-electron chi connectivity index (χ4n) is 1.66. The third-order valence-electron chi connectivity index (χ3n) is 2.44. The zero-order chi connectivity index (χ0) is 15.9. The molecule has 1 atom stereocenters. The van der Waals surface area contributed by atoms with Crippen molar-refractivity contribution in [2.75, 3.05) is 21.0 Å². The largest absolute Gasteiger partial charge is 0.467 e. The van der Waals surface area contributed by atoms with E-state index in [-0.39, 0.29) is 12.6 Å². The van der Waals surface area contributed by atoms with Crippen LogP contribution in [0, 0.1) is 5.92 Å². The molecule has 6 nitrogen and oxygen atoms in total. The number of carbonyl (C=O) groups excluding carboxylic acids is 2. The zero-order valence-corrected chi connectivity index (χ0v) is 13.6. The fourth-order valence-corrected chi connectivity index (χ4v) is 1.66. The molecule has 6 heteroatoms. The van der Waals surface area contributed by atoms with Gasteiger partial charge in [0.2, 0.25) is 0 Å². The van der Waals surface area contributed by atoms with Crippen molar-refractivity contribution in [1.82, 2.24) is 4.90 Å². The van der Waals surface area contributed by atoms with E-state index in [1.807, 2.05) is 13.8 Å². The highest BCUT2D eigenvalue weighted by atomic mass is 16.6. The van der Waals surface area contributed by atoms with E-state index in [2.05, 4.69) is 0 Å². The van der Waals surface area contributed by atoms with Crippen LogP contribution in [-0.4, -0.2) is 49.6 Å². The van der Waals surface area contributed by atoms with Crippen LogP contribution < -0.4 is 0 Å². The van der Waals surface area contributed by atoms with Gasteiger partial charge in [-0.1, -0.05) is 13.8 Å². The number of rotatable bonds is 6. The fraction of sp³-hybridized carbons (Fsp3) is 0.857. The molecule has 0 spiro atoms. The van der Waals surface area contributed by atoms with Crippen LogP contribution in [0.3, 0.4) is 0 Å². The summed E-state index contributed by atoms with van der Waals surface area (Å²) in [7, 11) is 2.76. The standard InChI is InChI=1S/C14H27NO5/c1-10(2)8-11(12(16)19-7)15(9-18-6)13(17)20-14(3,4)5/h10-11H,8-9H2,1-7H3/t11-/m0/s1. The molecule has 0 saturated heterocycles. The molecule has 0 saturated carbocycles. The molecule has 0 unspecified atom stereocenters. The van der Waals surface area contributed by atoms with Crippen molar-refractivity contribution in [1.29, 1.82) is 0 Å². The number of amides is 1. The highest BCUT2D eigenvalue weighted by Crippen LogP contribution is 2.17. The number of hydrogen-bond acceptors (Lipinski definition) is 5. The van der Waals surface area contributed by atoms with E-state index in [0.29, 0.717) is 6.42 Å². The van der Waals surface area contributed by atoms with Gasteiger partial charge in [-0.2, -0.15) is 0 Å². The summed E-state index contributed by atoms with van der Waals surface area (Å²) in [5.74, 6) is -0.248. The number of nitrogens with zero attached hydrogens (tertiary/aromatic N) is 1. The highest BCUT2D eigenvalue weighted by Gasteiger charge is 2.34. The molecule has 118 valence electrons. The SMILES string of the molecule is COCN(C(=O)OC(C)(C)C)[C@@H](CC(C)C)C(=O)OC. The van der Waals surface area contributed by atoms with Crippen molar-refractivity contribution in [3.05, 3.63) is 0 Å². The van der Waals surface area contributed by atoms with Gasteiger partial charge in [-0.15, -0.1) is 0 Å². The third-order valence-corrected chi connectivity index (χ3v) is 2.44. The van der Waals surface area contributed by atoms with Crippen molar-refractivity contribution in [3.63, 3.8) is 0 Å². The van der Waals surface area contributed by atoms with Crippen LogP contribution in [0.1, 0.15) is 41.0 Å². The predicted octanol–water partition coefficient (Wildman–Crippen LogP) is 2.42. The lowest BCUT2D eigenvalue weighted by molar-refractivity contribution is -0.149. The van der Waals surface area contributed by atoms with E-state index in [0.717, 1.165) is 0 Å². The first kappa shape index (κ1) is 18.7. The number of carbonyl (C=O) groups is 2. The molecule has 1 amide bonds. The minimum absolute atomic E-state index is 0.0264. The second kappa shape index (κ2) is 8.09. The molecule has 20 heavy (non-hydrogen) atoms. The van der Waals surface area contributed by atoms with Gasteiger partial charge >= 0.3 is 12.1 Å². The third kappa shape index (κ3) is 6.75. The Bertz CT molecular complexity index is 322. The van der Waals surface area contributed by atoms with Crippen molar-refractivity contribution in [2.45, 2.75) is 52.7 Å². The van der Waals surface area contributed by atoms with Crippen LogP contribution in [0.5, 0.6) is 0 Å². The van der Waals surface area contributed by atoms with Gasteiger partial charge in [0.15, 0.2) is 0 Å². The molecule has 0 aliphatic rings. The molecular weight excluding hydrogens is 262 g/mol. The molecule has 0 aromatic rings. The van der Waals surface area contributed by atoms with Crippen molar-refractivity contribution < 1.29 is 23.8 Å². The normalized spacial score (nSPS) is 13.0. The van der Waals surface area contributed by atoms with E-state index in [4.69, 9.17) is 14.2 Å². The summed E-state index contributed by atoms with van der Waals surface area (Å²) in [4.78, 5) is 25.4. The Hall–Kier alpha value is -1.30. The Morgan fingerprint density at radius 3 is 2.05 bits per heavy atom. The first-order valence-corrected chi connectivity index (χ1v) is 6.68. The van der Waals surface area contributed by atoms with Crippen LogP contribution in [0.2, 0.25) is 0 Å². The quantitative estimate of drug-likeness (QED) is 0.555. The highest BCUT2D eigenvalue weighted by molar-refractivity contribution is 5.81. The molecule has 0 bridgehead atoms. The predicted molar refractivity (Wildman–Crippen MR) is 75.2 cm³/mol. The minimum atomic E-state index is -0.713. The van der Waals surface area contributed by atoms with Crippen LogP contribution in [0.25, 0.3) is 0 Å². The van der Waals surface area contributed by atoms with Gasteiger partial charge < -0.3 is 14.2 Å². The lowest BCUT2D eigenvalue weighted by atomic mass is 10.0. The van der Waals surface area contributed by atoms with E-state index in [1.54, 1.807) is 20.8 Å². The summed E-state index contributed by atoms with van der Waals surface area (Å²) in [5, 5.41) is 0. The number of esters is 1. The molecule has 0 fully saturated rings. The Morgan fingerprint density at radius 1 is 1.15 bits per heavy atom. The van der Waals surface area contributed by atoms with Crippen molar-refractivity contribution >= 4 is 12.1 Å². The van der Waals surface area contributed by atoms with Gasteiger partial charge in [-0.25, -0.2) is 9.59 Å². The van der Waals surface area contributed by atoms with E-state index >= 15 is 0 Å². The van der Waals surface area contributed by atoms with Gasteiger partial charge in [-0.05, 0) is 33.1 Å². The van der Waals surface area contributed by atoms with Gasteiger partial charge in [0.25, 0.3) is 0 Å². The molecule has 0 aromatic heterocycles. The topological polar surface area (TPSA) is 65.1 Å². The van der Waals surface area contributed by atoms with Crippen molar-refractivity contribution in [3.8, 4) is 0 Å². The lowest BCUT2D eigenvalue weighted by Gasteiger charge is -2.32. The van der Waals surface area contributed by atoms with Crippen molar-refractivity contribution in [2.24, 2.45) is 5.92 Å². The zero-order valence-electron chi connectivity index (χ0n) is 13.6. The maximum atomic E-state index is 12.2. The molecule has 0 aliphatic heterocycles. The van der Waals surface area contributed by atoms with Gasteiger partial charge in [0.05, 0.1) is 7.11 Å². The Labute approximate surface area is 121 Å². The lowest BCUT2D eigenvalue weighted by Crippen LogP contribution is -2.49. The maximum Gasteiger partial charge on any atom is 0.412 e. The Balaban J connectivity index is 5.15. The van der Waals surface area contributed by atoms with E-state index < -0.39 is 23.7 Å². The van der Waals surface area contributed by atoms with Gasteiger partial charge in [0.1, 0.15) is 18.4 Å². The molecule has 0 heterocycles. The maximum absolute atomic E-state index is 12.2. The molecular formula is C14H27NO5. The number of ether oxygens (including phenoxy) is 3. The number of hydrogen-bond donors (Lipinski definition) is 0. The van der Waals surface area contributed by atoms with Gasteiger partial charge in [-0.3, -0.25) is 4.90 Å². The first-order valence-electron chi connectivity index (χ1n) is 6.68. The Kier molecular flexibility index (Phi) is 7.57. The van der Waals surface area contributed by atoms with Gasteiger partial charge in [0, 0.05) is 7.11 Å². The minimum Gasteiger partial charge on any atom is -0.467 e. The van der Waals surface area contributed by atoms with Crippen LogP contribution in [0.4, 0.5) is 4.79 Å². The Morgan fingerprint density at radius 2 is 1.70 bits per heavy atom. The van der Waals surface area contributed by atoms with E-state index in [9.17, 15) is 9.59 Å². The smallest absolute Gasteiger partial charge is 0.412 e. The average molecular weight is 289 g/mol. The second-order valence-electron chi connectivity index (χ2n) is 6.04. The molecule has 0 rings (SSSR count).